The topological polar surface area (TPSA) is 9.23 Å². The SMILES string of the molecule is [CH2]C#COCCCCC. The van der Waals surface area contributed by atoms with Gasteiger partial charge in [-0.1, -0.05) is 25.7 Å². The number of hydrogen-bond acceptors (Lipinski definition) is 1. The van der Waals surface area contributed by atoms with E-state index < -0.39 is 0 Å². The van der Waals surface area contributed by atoms with Crippen molar-refractivity contribution >= 4 is 0 Å². The van der Waals surface area contributed by atoms with Gasteiger partial charge < -0.3 is 4.74 Å². The van der Waals surface area contributed by atoms with Gasteiger partial charge in [-0.25, -0.2) is 0 Å². The number of ether oxygens (including phenoxy) is 1. The molecule has 0 rings (SSSR count). The van der Waals surface area contributed by atoms with Crippen molar-refractivity contribution in [2.75, 3.05) is 6.61 Å². The summed E-state index contributed by atoms with van der Waals surface area (Å²) in [7, 11) is 0. The quantitative estimate of drug-likeness (QED) is 0.412. The molecule has 0 aromatic carbocycles. The van der Waals surface area contributed by atoms with Crippen molar-refractivity contribution in [2.45, 2.75) is 26.2 Å². The second-order valence-electron chi connectivity index (χ2n) is 1.83. The van der Waals surface area contributed by atoms with Gasteiger partial charge in [0.05, 0.1) is 0 Å². The molecule has 9 heavy (non-hydrogen) atoms. The zero-order valence-corrected chi connectivity index (χ0v) is 5.94. The summed E-state index contributed by atoms with van der Waals surface area (Å²) in [6, 6.07) is 0. The highest BCUT2D eigenvalue weighted by molar-refractivity contribution is 4.93. The molecule has 0 aromatic rings. The molecule has 0 aliphatic heterocycles. The Hall–Kier alpha value is -0.640. The molecule has 0 bridgehead atoms. The summed E-state index contributed by atoms with van der Waals surface area (Å²) in [5.74, 6) is 2.42. The van der Waals surface area contributed by atoms with Gasteiger partial charge in [0.1, 0.15) is 12.7 Å². The third-order valence-corrected chi connectivity index (χ3v) is 0.994. The molecule has 0 aliphatic carbocycles. The van der Waals surface area contributed by atoms with E-state index in [4.69, 9.17) is 4.74 Å². The molecule has 1 nitrogen and oxygen atoms in total. The van der Waals surface area contributed by atoms with Gasteiger partial charge in [0.2, 0.25) is 0 Å². The average Bonchev–Trinajstić information content (AvgIpc) is 1.89. The lowest BCUT2D eigenvalue weighted by Gasteiger charge is -1.93. The van der Waals surface area contributed by atoms with E-state index in [1.807, 2.05) is 0 Å². The zero-order valence-electron chi connectivity index (χ0n) is 5.94. The van der Waals surface area contributed by atoms with Crippen LogP contribution >= 0.6 is 0 Å². The van der Waals surface area contributed by atoms with Gasteiger partial charge in [0, 0.05) is 6.92 Å². The van der Waals surface area contributed by atoms with Crippen molar-refractivity contribution in [1.29, 1.82) is 0 Å². The minimum atomic E-state index is 0.746. The summed E-state index contributed by atoms with van der Waals surface area (Å²) in [5, 5.41) is 0. The minimum absolute atomic E-state index is 0.746. The van der Waals surface area contributed by atoms with Crippen LogP contribution in [0, 0.1) is 19.0 Å². The van der Waals surface area contributed by atoms with Gasteiger partial charge >= 0.3 is 0 Å². The second kappa shape index (κ2) is 7.36. The molecule has 1 heteroatoms. The fourth-order valence-corrected chi connectivity index (χ4v) is 0.526. The van der Waals surface area contributed by atoms with Crippen molar-refractivity contribution in [1.82, 2.24) is 0 Å². The van der Waals surface area contributed by atoms with E-state index in [9.17, 15) is 0 Å². The Labute approximate surface area is 57.4 Å². The van der Waals surface area contributed by atoms with Crippen LogP contribution in [0.2, 0.25) is 0 Å². The maximum Gasteiger partial charge on any atom is 0.110 e. The Morgan fingerprint density at radius 1 is 1.44 bits per heavy atom. The van der Waals surface area contributed by atoms with Gasteiger partial charge in [-0.3, -0.25) is 0 Å². The third-order valence-electron chi connectivity index (χ3n) is 0.994. The first-order valence-corrected chi connectivity index (χ1v) is 3.30. The molecule has 0 spiro atoms. The fourth-order valence-electron chi connectivity index (χ4n) is 0.526. The Balaban J connectivity index is 2.80. The Morgan fingerprint density at radius 2 is 2.22 bits per heavy atom. The van der Waals surface area contributed by atoms with Crippen LogP contribution < -0.4 is 0 Å². The smallest absolute Gasteiger partial charge is 0.110 e. The molecule has 0 saturated carbocycles. The molecular weight excluding hydrogens is 112 g/mol. The zero-order chi connectivity index (χ0) is 6.95. The van der Waals surface area contributed by atoms with Crippen molar-refractivity contribution < 1.29 is 4.74 Å². The largest absolute Gasteiger partial charge is 0.447 e. The molecule has 0 N–H and O–H groups in total. The van der Waals surface area contributed by atoms with Gasteiger partial charge in [-0.2, -0.15) is 0 Å². The summed E-state index contributed by atoms with van der Waals surface area (Å²) >= 11 is 0. The van der Waals surface area contributed by atoms with Crippen molar-refractivity contribution in [3.8, 4) is 12.0 Å². The maximum absolute atomic E-state index is 4.86. The van der Waals surface area contributed by atoms with Crippen LogP contribution in [0.4, 0.5) is 0 Å². The van der Waals surface area contributed by atoms with Crippen LogP contribution in [-0.4, -0.2) is 6.61 Å². The van der Waals surface area contributed by atoms with Gasteiger partial charge in [-0.15, -0.1) is 0 Å². The Morgan fingerprint density at radius 3 is 2.78 bits per heavy atom. The molecule has 0 saturated heterocycles. The van der Waals surface area contributed by atoms with Crippen LogP contribution in [0.3, 0.4) is 0 Å². The van der Waals surface area contributed by atoms with Crippen LogP contribution in [0.25, 0.3) is 0 Å². The first kappa shape index (κ1) is 8.36. The monoisotopic (exact) mass is 125 g/mol. The van der Waals surface area contributed by atoms with Crippen LogP contribution in [0.15, 0.2) is 0 Å². The minimum Gasteiger partial charge on any atom is -0.447 e. The van der Waals surface area contributed by atoms with Crippen molar-refractivity contribution in [2.24, 2.45) is 0 Å². The fraction of sp³-hybridized carbons (Fsp3) is 0.625. The van der Waals surface area contributed by atoms with Gasteiger partial charge in [0.15, 0.2) is 0 Å². The summed E-state index contributed by atoms with van der Waals surface area (Å²) in [6.45, 7) is 6.22. The lowest BCUT2D eigenvalue weighted by atomic mass is 10.3. The number of hydrogen-bond donors (Lipinski definition) is 0. The van der Waals surface area contributed by atoms with E-state index in [0.717, 1.165) is 13.0 Å². The second-order valence-corrected chi connectivity index (χ2v) is 1.83. The third kappa shape index (κ3) is 7.36. The molecule has 0 amide bonds. The Kier molecular flexibility index (Phi) is 6.84. The highest BCUT2D eigenvalue weighted by atomic mass is 16.5. The average molecular weight is 125 g/mol. The van der Waals surface area contributed by atoms with E-state index in [1.165, 1.54) is 12.8 Å². The summed E-state index contributed by atoms with van der Waals surface area (Å²) in [6.07, 6.45) is 5.99. The molecule has 0 aromatic heterocycles. The van der Waals surface area contributed by atoms with E-state index in [-0.39, 0.29) is 0 Å². The Bertz CT molecular complexity index is 96.9. The van der Waals surface area contributed by atoms with Gasteiger partial charge in [-0.05, 0) is 6.42 Å². The van der Waals surface area contributed by atoms with E-state index in [0.29, 0.717) is 0 Å². The molecule has 51 valence electrons. The van der Waals surface area contributed by atoms with E-state index in [1.54, 1.807) is 0 Å². The van der Waals surface area contributed by atoms with Crippen LogP contribution in [-0.2, 0) is 4.74 Å². The first-order chi connectivity index (χ1) is 4.41. The number of unbranched alkanes of at least 4 members (excludes halogenated alkanes) is 2. The standard InChI is InChI=1S/C8H13O/c1-3-5-6-8-9-7-4-2/h2-3,5-6,8H2,1H3. The summed E-state index contributed by atoms with van der Waals surface area (Å²) < 4.78 is 4.86. The predicted octanol–water partition coefficient (Wildman–Crippen LogP) is 1.99. The highest BCUT2D eigenvalue weighted by Crippen LogP contribution is 1.92. The van der Waals surface area contributed by atoms with Crippen LogP contribution in [0.5, 0.6) is 0 Å². The highest BCUT2D eigenvalue weighted by Gasteiger charge is 1.82. The van der Waals surface area contributed by atoms with Crippen LogP contribution in [0.1, 0.15) is 26.2 Å². The molecule has 0 fully saturated rings. The van der Waals surface area contributed by atoms with Gasteiger partial charge in [0.25, 0.3) is 0 Å². The molecule has 0 atom stereocenters. The molecule has 0 aliphatic rings. The maximum atomic E-state index is 4.86. The lowest BCUT2D eigenvalue weighted by molar-refractivity contribution is 0.268. The first-order valence-electron chi connectivity index (χ1n) is 3.30. The lowest BCUT2D eigenvalue weighted by Crippen LogP contribution is -1.86. The predicted molar refractivity (Wildman–Crippen MR) is 38.6 cm³/mol. The summed E-state index contributed by atoms with van der Waals surface area (Å²) in [5.41, 5.74) is 0. The normalized spacial score (nSPS) is 7.78. The molecular formula is C8H13O. The molecule has 0 heterocycles. The summed E-state index contributed by atoms with van der Waals surface area (Å²) in [4.78, 5) is 0. The van der Waals surface area contributed by atoms with Crippen molar-refractivity contribution in [3.63, 3.8) is 0 Å². The molecule has 0 unspecified atom stereocenters. The van der Waals surface area contributed by atoms with E-state index in [2.05, 4.69) is 25.9 Å². The van der Waals surface area contributed by atoms with Crippen molar-refractivity contribution in [3.05, 3.63) is 6.92 Å². The van der Waals surface area contributed by atoms with E-state index >= 15 is 0 Å². The molecule has 1 radical (unpaired) electrons. The number of rotatable bonds is 4.